The lowest BCUT2D eigenvalue weighted by atomic mass is 10.2. The number of fused-ring (bicyclic) bond motifs is 1. The summed E-state index contributed by atoms with van der Waals surface area (Å²) in [5.74, 6) is -0.251. The van der Waals surface area contributed by atoms with Crippen LogP contribution in [-0.2, 0) is 15.1 Å². The molecule has 2 heterocycles. The van der Waals surface area contributed by atoms with E-state index in [4.69, 9.17) is 16.3 Å². The first kappa shape index (κ1) is 14.3. The zero-order valence-corrected chi connectivity index (χ0v) is 13.4. The van der Waals surface area contributed by atoms with Gasteiger partial charge in [-0.15, -0.1) is 0 Å². The highest BCUT2D eigenvalue weighted by molar-refractivity contribution is 6.29. The number of hydrogen-bond acceptors (Lipinski definition) is 4. The van der Waals surface area contributed by atoms with E-state index in [2.05, 4.69) is 10.1 Å². The summed E-state index contributed by atoms with van der Waals surface area (Å²) in [6.07, 6.45) is 3.16. The maximum atomic E-state index is 12.5. The molecule has 0 unspecified atom stereocenters. The van der Waals surface area contributed by atoms with Crippen molar-refractivity contribution in [2.75, 3.05) is 0 Å². The molecular weight excluding hydrogens is 290 g/mol. The molecule has 0 aromatic carbocycles. The Bertz CT molecular complexity index is 726. The summed E-state index contributed by atoms with van der Waals surface area (Å²) in [6.45, 7) is 7.54. The molecule has 1 saturated carbocycles. The Balaban J connectivity index is 2.06. The largest absolute Gasteiger partial charge is 0.458 e. The molecule has 1 aliphatic rings. The topological polar surface area (TPSA) is 57.0 Å². The van der Waals surface area contributed by atoms with Crippen LogP contribution in [0.3, 0.4) is 0 Å². The zero-order chi connectivity index (χ0) is 15.4. The van der Waals surface area contributed by atoms with E-state index in [1.54, 1.807) is 16.9 Å². The van der Waals surface area contributed by atoms with Crippen molar-refractivity contribution < 1.29 is 9.53 Å². The molecular formula is C15H18ClN3O2. The molecule has 5 nitrogen and oxygen atoms in total. The lowest BCUT2D eigenvalue weighted by Gasteiger charge is -2.24. The number of pyridine rings is 1. The Labute approximate surface area is 128 Å². The van der Waals surface area contributed by atoms with Gasteiger partial charge in [-0.05, 0) is 52.2 Å². The smallest absolute Gasteiger partial charge is 0.334 e. The lowest BCUT2D eigenvalue weighted by Crippen LogP contribution is -2.36. The fraction of sp³-hybridized carbons (Fsp3) is 0.533. The monoisotopic (exact) mass is 307 g/mol. The molecule has 2 aromatic rings. The van der Waals surface area contributed by atoms with Crippen molar-refractivity contribution >= 4 is 28.6 Å². The Morgan fingerprint density at radius 1 is 1.43 bits per heavy atom. The molecule has 1 aliphatic carbocycles. The van der Waals surface area contributed by atoms with E-state index in [-0.39, 0.29) is 5.97 Å². The minimum Gasteiger partial charge on any atom is -0.458 e. The molecule has 1 fully saturated rings. The van der Waals surface area contributed by atoms with Gasteiger partial charge in [-0.3, -0.25) is 0 Å². The minimum atomic E-state index is -0.723. The molecule has 0 spiro atoms. The summed E-state index contributed by atoms with van der Waals surface area (Å²) in [4.78, 5) is 16.9. The third-order valence-electron chi connectivity index (χ3n) is 3.62. The van der Waals surface area contributed by atoms with E-state index in [9.17, 15) is 4.79 Å². The van der Waals surface area contributed by atoms with Crippen LogP contribution < -0.4 is 0 Å². The van der Waals surface area contributed by atoms with Gasteiger partial charge in [0.15, 0.2) is 11.2 Å². The summed E-state index contributed by atoms with van der Waals surface area (Å²) in [5, 5.41) is 5.69. The van der Waals surface area contributed by atoms with Gasteiger partial charge in [-0.2, -0.15) is 5.10 Å². The average Bonchev–Trinajstić information content (AvgIpc) is 3.02. The highest BCUT2D eigenvalue weighted by atomic mass is 35.5. The molecule has 0 amide bonds. The van der Waals surface area contributed by atoms with Crippen molar-refractivity contribution in [3.05, 3.63) is 23.0 Å². The van der Waals surface area contributed by atoms with Crippen molar-refractivity contribution in [1.82, 2.24) is 14.8 Å². The number of carbonyl (C=O) groups is 1. The van der Waals surface area contributed by atoms with Crippen LogP contribution in [0.1, 0.15) is 39.2 Å². The number of esters is 1. The molecule has 3 rings (SSSR count). The average molecular weight is 308 g/mol. The Hall–Kier alpha value is -1.62. The van der Waals surface area contributed by atoms with Crippen LogP contribution in [0.4, 0.5) is 0 Å². The number of nitrogens with zero attached hydrogens (tertiary/aromatic N) is 3. The van der Waals surface area contributed by atoms with Gasteiger partial charge in [-0.1, -0.05) is 11.6 Å². The zero-order valence-electron chi connectivity index (χ0n) is 12.6. The van der Waals surface area contributed by atoms with E-state index in [1.165, 1.54) is 0 Å². The van der Waals surface area contributed by atoms with Crippen LogP contribution in [0.5, 0.6) is 0 Å². The number of rotatable bonds is 2. The Kier molecular flexibility index (Phi) is 3.03. The predicted octanol–water partition coefficient (Wildman–Crippen LogP) is 3.22. The highest BCUT2D eigenvalue weighted by Gasteiger charge is 2.56. The molecule has 0 atom stereocenters. The minimum absolute atomic E-state index is 0.251. The fourth-order valence-electron chi connectivity index (χ4n) is 2.42. The van der Waals surface area contributed by atoms with E-state index < -0.39 is 11.1 Å². The number of aryl methyl sites for hydroxylation is 1. The Morgan fingerprint density at radius 2 is 2.10 bits per heavy atom. The molecule has 112 valence electrons. The third-order valence-corrected chi connectivity index (χ3v) is 3.82. The van der Waals surface area contributed by atoms with Crippen molar-refractivity contribution in [3.63, 3.8) is 0 Å². The van der Waals surface area contributed by atoms with Crippen molar-refractivity contribution in [3.8, 4) is 0 Å². The van der Waals surface area contributed by atoms with Crippen molar-refractivity contribution in [2.24, 2.45) is 0 Å². The first-order valence-corrected chi connectivity index (χ1v) is 7.36. The van der Waals surface area contributed by atoms with Gasteiger partial charge >= 0.3 is 5.97 Å². The van der Waals surface area contributed by atoms with Gasteiger partial charge in [-0.25, -0.2) is 14.5 Å². The second kappa shape index (κ2) is 4.44. The van der Waals surface area contributed by atoms with Crippen LogP contribution in [0.25, 0.3) is 11.0 Å². The van der Waals surface area contributed by atoms with Crippen LogP contribution in [0.2, 0.25) is 5.15 Å². The maximum absolute atomic E-state index is 12.5. The molecule has 21 heavy (non-hydrogen) atoms. The first-order valence-electron chi connectivity index (χ1n) is 6.98. The maximum Gasteiger partial charge on any atom is 0.334 e. The predicted molar refractivity (Wildman–Crippen MR) is 80.3 cm³/mol. The van der Waals surface area contributed by atoms with E-state index in [1.807, 2.05) is 27.7 Å². The van der Waals surface area contributed by atoms with Gasteiger partial charge in [0, 0.05) is 5.39 Å². The Morgan fingerprint density at radius 3 is 2.67 bits per heavy atom. The number of hydrogen-bond donors (Lipinski definition) is 0. The van der Waals surface area contributed by atoms with Gasteiger partial charge in [0.2, 0.25) is 0 Å². The van der Waals surface area contributed by atoms with Crippen LogP contribution >= 0.6 is 11.6 Å². The molecule has 0 bridgehead atoms. The van der Waals surface area contributed by atoms with E-state index in [0.29, 0.717) is 23.6 Å². The summed E-state index contributed by atoms with van der Waals surface area (Å²) in [5.41, 5.74) is 0.398. The quantitative estimate of drug-likeness (QED) is 0.631. The van der Waals surface area contributed by atoms with Crippen molar-refractivity contribution in [2.45, 2.75) is 51.7 Å². The number of aromatic nitrogens is 3. The van der Waals surface area contributed by atoms with Crippen LogP contribution in [-0.4, -0.2) is 26.3 Å². The van der Waals surface area contributed by atoms with Crippen LogP contribution in [0.15, 0.2) is 12.3 Å². The molecule has 0 aliphatic heterocycles. The number of carbonyl (C=O) groups excluding carboxylic acids is 1. The fourth-order valence-corrected chi connectivity index (χ4v) is 2.67. The number of ether oxygens (including phenoxy) is 1. The lowest BCUT2D eigenvalue weighted by molar-refractivity contribution is -0.161. The van der Waals surface area contributed by atoms with E-state index >= 15 is 0 Å². The second-order valence-corrected chi connectivity index (χ2v) is 6.98. The molecule has 2 aromatic heterocycles. The van der Waals surface area contributed by atoms with Gasteiger partial charge in [0.1, 0.15) is 10.8 Å². The molecule has 6 heteroatoms. The summed E-state index contributed by atoms with van der Waals surface area (Å²) in [7, 11) is 0. The molecule has 0 N–H and O–H groups in total. The van der Waals surface area contributed by atoms with Crippen molar-refractivity contribution in [1.29, 1.82) is 0 Å². The summed E-state index contributed by atoms with van der Waals surface area (Å²) >= 11 is 6.04. The molecule has 0 radical (unpaired) electrons. The van der Waals surface area contributed by atoms with Gasteiger partial charge in [0.25, 0.3) is 0 Å². The SMILES string of the molecule is Cc1cc(Cl)nc2c1cnn2C1(C(=O)OC(C)(C)C)CC1. The van der Waals surface area contributed by atoms with Gasteiger partial charge in [0.05, 0.1) is 6.20 Å². The van der Waals surface area contributed by atoms with Gasteiger partial charge < -0.3 is 4.74 Å². The van der Waals surface area contributed by atoms with Crippen LogP contribution in [0, 0.1) is 6.92 Å². The van der Waals surface area contributed by atoms with E-state index in [0.717, 1.165) is 10.9 Å². The highest BCUT2D eigenvalue weighted by Crippen LogP contribution is 2.46. The molecule has 0 saturated heterocycles. The number of halogens is 1. The summed E-state index contributed by atoms with van der Waals surface area (Å²) < 4.78 is 7.21. The third kappa shape index (κ3) is 2.39. The normalized spacial score (nSPS) is 17.0. The standard InChI is InChI=1S/C15H18ClN3O2/c1-9-7-11(16)18-12-10(9)8-17-19(12)15(5-6-15)13(20)21-14(2,3)4/h7-8H,5-6H2,1-4H3. The first-order chi connectivity index (χ1) is 9.73. The summed E-state index contributed by atoms with van der Waals surface area (Å²) in [6, 6.07) is 1.79. The second-order valence-electron chi connectivity index (χ2n) is 6.59.